The number of amides is 1. The predicted octanol–water partition coefficient (Wildman–Crippen LogP) is 2.12. The summed E-state index contributed by atoms with van der Waals surface area (Å²) in [5, 5.41) is 4.87. The molecule has 1 aromatic carbocycles. The second-order valence-electron chi connectivity index (χ2n) is 7.35. The molecule has 0 aliphatic heterocycles. The molecule has 0 unspecified atom stereocenters. The van der Waals surface area contributed by atoms with Gasteiger partial charge in [0.05, 0.1) is 19.1 Å². The van der Waals surface area contributed by atoms with Crippen LogP contribution >= 0.6 is 11.3 Å². The van der Waals surface area contributed by atoms with Gasteiger partial charge in [-0.2, -0.15) is 0 Å². The van der Waals surface area contributed by atoms with Gasteiger partial charge >= 0.3 is 5.69 Å². The molecule has 3 aromatic heterocycles. The number of hydrogen-bond acceptors (Lipinski definition) is 7. The van der Waals surface area contributed by atoms with Crippen LogP contribution in [-0.4, -0.2) is 36.7 Å². The van der Waals surface area contributed by atoms with E-state index in [-0.39, 0.29) is 18.1 Å². The smallest absolute Gasteiger partial charge is 0.332 e. The number of rotatable bonds is 7. The van der Waals surface area contributed by atoms with Crippen LogP contribution in [0.3, 0.4) is 0 Å². The molecule has 0 saturated heterocycles. The molecule has 1 amide bonds. The second kappa shape index (κ2) is 8.98. The summed E-state index contributed by atoms with van der Waals surface area (Å²) in [6.07, 6.45) is 2.13. The van der Waals surface area contributed by atoms with Crippen molar-refractivity contribution in [3.8, 4) is 17.0 Å². The number of methoxy groups -OCH3 is 1. The summed E-state index contributed by atoms with van der Waals surface area (Å²) in [7, 11) is 4.36. The average Bonchev–Trinajstić information content (AvgIpc) is 3.43. The van der Waals surface area contributed by atoms with E-state index in [1.165, 1.54) is 48.5 Å². The van der Waals surface area contributed by atoms with E-state index in [9.17, 15) is 18.8 Å². The van der Waals surface area contributed by atoms with Gasteiger partial charge in [0, 0.05) is 38.0 Å². The molecule has 0 aliphatic carbocycles. The van der Waals surface area contributed by atoms with Crippen molar-refractivity contribution in [1.82, 2.24) is 23.7 Å². The van der Waals surface area contributed by atoms with Crippen molar-refractivity contribution in [3.05, 3.63) is 56.6 Å². The molecule has 10 nitrogen and oxygen atoms in total. The van der Waals surface area contributed by atoms with Crippen LogP contribution in [0.1, 0.15) is 12.8 Å². The third-order valence-corrected chi connectivity index (χ3v) is 5.98. The Morgan fingerprint density at radius 1 is 1.24 bits per heavy atom. The van der Waals surface area contributed by atoms with Crippen LogP contribution in [0.15, 0.2) is 39.5 Å². The van der Waals surface area contributed by atoms with Crippen molar-refractivity contribution in [2.45, 2.75) is 19.4 Å². The van der Waals surface area contributed by atoms with Gasteiger partial charge in [0.2, 0.25) is 5.91 Å². The second-order valence-corrected chi connectivity index (χ2v) is 8.21. The highest BCUT2D eigenvalue weighted by Gasteiger charge is 2.15. The summed E-state index contributed by atoms with van der Waals surface area (Å²) < 4.78 is 22.8. The van der Waals surface area contributed by atoms with Crippen molar-refractivity contribution >= 4 is 33.5 Å². The average molecular weight is 473 g/mol. The first-order chi connectivity index (χ1) is 15.8. The summed E-state index contributed by atoms with van der Waals surface area (Å²) in [6, 6.07) is 4.54. The fourth-order valence-corrected chi connectivity index (χ4v) is 4.18. The van der Waals surface area contributed by atoms with Gasteiger partial charge in [-0.25, -0.2) is 19.2 Å². The molecular weight excluding hydrogens is 451 g/mol. The van der Waals surface area contributed by atoms with Crippen LogP contribution in [0.5, 0.6) is 5.75 Å². The number of halogens is 1. The zero-order chi connectivity index (χ0) is 23.7. The van der Waals surface area contributed by atoms with Crippen molar-refractivity contribution in [3.63, 3.8) is 0 Å². The molecule has 1 N–H and O–H groups in total. The molecule has 0 spiro atoms. The summed E-state index contributed by atoms with van der Waals surface area (Å²) in [5.74, 6) is -0.578. The Hall–Kier alpha value is -3.80. The third-order valence-electron chi connectivity index (χ3n) is 5.22. The lowest BCUT2D eigenvalue weighted by Gasteiger charge is -2.07. The normalized spacial score (nSPS) is 11.2. The topological polar surface area (TPSA) is 113 Å². The lowest BCUT2D eigenvalue weighted by atomic mass is 10.1. The first kappa shape index (κ1) is 22.4. The minimum atomic E-state index is -0.490. The Labute approximate surface area is 190 Å². The van der Waals surface area contributed by atoms with Gasteiger partial charge in [0.25, 0.3) is 5.56 Å². The number of anilines is 1. The Kier molecular flexibility index (Phi) is 6.09. The minimum absolute atomic E-state index is 0.147. The highest BCUT2D eigenvalue weighted by atomic mass is 32.1. The van der Waals surface area contributed by atoms with E-state index in [0.29, 0.717) is 40.5 Å². The highest BCUT2D eigenvalue weighted by molar-refractivity contribution is 7.14. The maximum atomic E-state index is 13.9. The number of nitrogens with zero attached hydrogens (tertiary/aromatic N) is 5. The van der Waals surface area contributed by atoms with Gasteiger partial charge in [0.1, 0.15) is 0 Å². The molecule has 12 heteroatoms. The number of aromatic nitrogens is 5. The molecule has 0 atom stereocenters. The van der Waals surface area contributed by atoms with Gasteiger partial charge in [-0.05, 0) is 24.6 Å². The third kappa shape index (κ3) is 4.29. The van der Waals surface area contributed by atoms with Crippen LogP contribution in [-0.2, 0) is 25.4 Å². The van der Waals surface area contributed by atoms with E-state index < -0.39 is 17.1 Å². The monoisotopic (exact) mass is 472 g/mol. The Morgan fingerprint density at radius 3 is 2.76 bits per heavy atom. The van der Waals surface area contributed by atoms with Crippen molar-refractivity contribution in [2.75, 3.05) is 12.4 Å². The number of carbonyl (C=O) groups is 1. The lowest BCUT2D eigenvalue weighted by molar-refractivity contribution is -0.116. The van der Waals surface area contributed by atoms with Crippen LogP contribution in [0.4, 0.5) is 9.52 Å². The molecule has 3 heterocycles. The Bertz CT molecular complexity index is 1470. The van der Waals surface area contributed by atoms with Crippen molar-refractivity contribution < 1.29 is 13.9 Å². The standard InChI is InChI=1S/C21H21FN6O4S/c1-26-18-17(19(30)27(2)21(26)31)28(11-23-18)8-4-5-16(29)25-20-24-14(10-33-20)12-6-7-15(32-3)13(22)9-12/h6-7,9-11H,4-5,8H2,1-3H3,(H,24,25,29). The SMILES string of the molecule is COc1ccc(-c2csc(NC(=O)CCCn3cnc4c3c(=O)n(C)c(=O)n4C)n2)cc1F. The zero-order valence-corrected chi connectivity index (χ0v) is 19.0. The quantitative estimate of drug-likeness (QED) is 0.441. The maximum Gasteiger partial charge on any atom is 0.332 e. The molecule has 33 heavy (non-hydrogen) atoms. The summed E-state index contributed by atoms with van der Waals surface area (Å²) in [4.78, 5) is 45.3. The number of aryl methyl sites for hydroxylation is 2. The number of ether oxygens (including phenoxy) is 1. The van der Waals surface area contributed by atoms with Crippen LogP contribution in [0, 0.1) is 5.82 Å². The molecule has 0 bridgehead atoms. The molecule has 0 aliphatic rings. The number of imidazole rings is 1. The van der Waals surface area contributed by atoms with Crippen LogP contribution in [0.25, 0.3) is 22.4 Å². The first-order valence-corrected chi connectivity index (χ1v) is 10.9. The van der Waals surface area contributed by atoms with Gasteiger partial charge < -0.3 is 14.6 Å². The van der Waals surface area contributed by atoms with Gasteiger partial charge in [-0.15, -0.1) is 11.3 Å². The van der Waals surface area contributed by atoms with E-state index in [1.54, 1.807) is 23.1 Å². The Morgan fingerprint density at radius 2 is 2.03 bits per heavy atom. The van der Waals surface area contributed by atoms with E-state index in [1.807, 2.05) is 0 Å². The van der Waals surface area contributed by atoms with E-state index >= 15 is 0 Å². The molecular formula is C21H21FN6O4S. The summed E-state index contributed by atoms with van der Waals surface area (Å²) >= 11 is 1.24. The molecule has 172 valence electrons. The number of fused-ring (bicyclic) bond motifs is 1. The molecule has 0 fully saturated rings. The van der Waals surface area contributed by atoms with Crippen LogP contribution < -0.4 is 21.3 Å². The molecule has 0 radical (unpaired) electrons. The number of carbonyl (C=O) groups excluding carboxylic acids is 1. The van der Waals surface area contributed by atoms with E-state index in [2.05, 4.69) is 15.3 Å². The zero-order valence-electron chi connectivity index (χ0n) is 18.2. The summed E-state index contributed by atoms with van der Waals surface area (Å²) in [5.41, 5.74) is 0.864. The minimum Gasteiger partial charge on any atom is -0.494 e. The maximum absolute atomic E-state index is 13.9. The van der Waals surface area contributed by atoms with Crippen molar-refractivity contribution in [1.29, 1.82) is 0 Å². The summed E-state index contributed by atoms with van der Waals surface area (Å²) in [6.45, 7) is 0.381. The fraction of sp³-hybridized carbons (Fsp3) is 0.286. The Balaban J connectivity index is 1.39. The highest BCUT2D eigenvalue weighted by Crippen LogP contribution is 2.28. The number of benzene rings is 1. The lowest BCUT2D eigenvalue weighted by Crippen LogP contribution is -2.37. The molecule has 4 rings (SSSR count). The number of nitrogens with one attached hydrogen (secondary N) is 1. The van der Waals surface area contributed by atoms with E-state index in [4.69, 9.17) is 4.74 Å². The van der Waals surface area contributed by atoms with Gasteiger partial charge in [-0.1, -0.05) is 0 Å². The van der Waals surface area contributed by atoms with Gasteiger partial charge in [0.15, 0.2) is 27.9 Å². The number of thiazole rings is 1. The predicted molar refractivity (Wildman–Crippen MR) is 122 cm³/mol. The molecule has 4 aromatic rings. The first-order valence-electron chi connectivity index (χ1n) is 10.00. The molecule has 0 saturated carbocycles. The largest absolute Gasteiger partial charge is 0.494 e. The van der Waals surface area contributed by atoms with Gasteiger partial charge in [-0.3, -0.25) is 18.7 Å². The number of hydrogen-bond donors (Lipinski definition) is 1. The van der Waals surface area contributed by atoms with Crippen LogP contribution in [0.2, 0.25) is 0 Å². The van der Waals surface area contributed by atoms with E-state index in [0.717, 1.165) is 4.57 Å². The fourth-order valence-electron chi connectivity index (χ4n) is 3.45. The van der Waals surface area contributed by atoms with Crippen molar-refractivity contribution in [2.24, 2.45) is 14.1 Å².